The van der Waals surface area contributed by atoms with E-state index in [-0.39, 0.29) is 10.9 Å². The summed E-state index contributed by atoms with van der Waals surface area (Å²) in [5.41, 5.74) is 3.77. The molecule has 1 aliphatic heterocycles. The van der Waals surface area contributed by atoms with Crippen molar-refractivity contribution < 1.29 is 13.2 Å². The first kappa shape index (κ1) is 15.9. The van der Waals surface area contributed by atoms with Gasteiger partial charge in [-0.3, -0.25) is 4.31 Å². The van der Waals surface area contributed by atoms with E-state index in [1.807, 2.05) is 45.0 Å². The quantitative estimate of drug-likeness (QED) is 0.865. The molecule has 0 radical (unpaired) electrons. The van der Waals surface area contributed by atoms with Crippen molar-refractivity contribution >= 4 is 15.7 Å². The lowest BCUT2D eigenvalue weighted by molar-refractivity contribution is 0.402. The van der Waals surface area contributed by atoms with Crippen molar-refractivity contribution in [3.8, 4) is 5.75 Å². The molecule has 1 heterocycles. The van der Waals surface area contributed by atoms with Gasteiger partial charge in [-0.2, -0.15) is 0 Å². The number of aryl methyl sites for hydroxylation is 2. The summed E-state index contributed by atoms with van der Waals surface area (Å²) < 4.78 is 33.5. The van der Waals surface area contributed by atoms with E-state index in [1.54, 1.807) is 12.1 Å². The summed E-state index contributed by atoms with van der Waals surface area (Å²) in [6.07, 6.45) is 0.725. The van der Waals surface area contributed by atoms with Gasteiger partial charge in [0.05, 0.1) is 12.8 Å². The Morgan fingerprint density at radius 2 is 1.78 bits per heavy atom. The number of rotatable bonds is 3. The summed E-state index contributed by atoms with van der Waals surface area (Å²) in [4.78, 5) is 0.228. The summed E-state index contributed by atoms with van der Waals surface area (Å²) in [6.45, 7) is 5.79. The van der Waals surface area contributed by atoms with Gasteiger partial charge in [-0.25, -0.2) is 8.42 Å². The standard InChI is InChI=1S/C18H21NO3S/c1-12-9-17(22-4)18(10-13(12)2)23(20,21)19-14(3)11-15-7-5-6-8-16(15)19/h5-10,14H,11H2,1-4H3. The average molecular weight is 331 g/mol. The summed E-state index contributed by atoms with van der Waals surface area (Å²) in [5, 5.41) is 0. The fourth-order valence-electron chi connectivity index (χ4n) is 3.13. The Bertz CT molecular complexity index is 859. The highest BCUT2D eigenvalue weighted by molar-refractivity contribution is 7.93. The number of sulfonamides is 1. The molecule has 1 aliphatic rings. The lowest BCUT2D eigenvalue weighted by Crippen LogP contribution is -2.36. The molecule has 0 amide bonds. The molecule has 23 heavy (non-hydrogen) atoms. The number of benzene rings is 2. The van der Waals surface area contributed by atoms with Gasteiger partial charge >= 0.3 is 0 Å². The van der Waals surface area contributed by atoms with Crippen LogP contribution < -0.4 is 9.04 Å². The third-order valence-corrected chi connectivity index (χ3v) is 6.41. The molecule has 4 nitrogen and oxygen atoms in total. The second-order valence-corrected chi connectivity index (χ2v) is 7.85. The lowest BCUT2D eigenvalue weighted by Gasteiger charge is -2.25. The first-order valence-corrected chi connectivity index (χ1v) is 9.08. The first-order valence-electron chi connectivity index (χ1n) is 7.64. The predicted octanol–water partition coefficient (Wildman–Crippen LogP) is 3.45. The van der Waals surface area contributed by atoms with Crippen LogP contribution in [-0.2, 0) is 16.4 Å². The van der Waals surface area contributed by atoms with Crippen LogP contribution >= 0.6 is 0 Å². The first-order chi connectivity index (χ1) is 10.9. The van der Waals surface area contributed by atoms with Crippen LogP contribution in [0.15, 0.2) is 41.3 Å². The minimum absolute atomic E-state index is 0.108. The molecule has 1 atom stereocenters. The van der Waals surface area contributed by atoms with E-state index in [9.17, 15) is 8.42 Å². The van der Waals surface area contributed by atoms with E-state index in [0.29, 0.717) is 5.75 Å². The zero-order valence-corrected chi connectivity index (χ0v) is 14.6. The van der Waals surface area contributed by atoms with Crippen LogP contribution in [0.2, 0.25) is 0 Å². The number of para-hydroxylation sites is 1. The molecule has 1 unspecified atom stereocenters. The van der Waals surface area contributed by atoms with Crippen molar-refractivity contribution in [2.24, 2.45) is 0 Å². The fraction of sp³-hybridized carbons (Fsp3) is 0.333. The molecule has 122 valence electrons. The molecule has 0 fully saturated rings. The van der Waals surface area contributed by atoms with Gasteiger partial charge in [-0.05, 0) is 62.1 Å². The molecular formula is C18H21NO3S. The van der Waals surface area contributed by atoms with Gasteiger partial charge in [0.1, 0.15) is 10.6 Å². The third kappa shape index (κ3) is 2.49. The minimum atomic E-state index is -3.67. The van der Waals surface area contributed by atoms with Gasteiger partial charge in [0.15, 0.2) is 0 Å². The lowest BCUT2D eigenvalue weighted by atomic mass is 10.1. The van der Waals surface area contributed by atoms with Crippen LogP contribution in [0.25, 0.3) is 0 Å². The monoisotopic (exact) mass is 331 g/mol. The number of ether oxygens (including phenoxy) is 1. The van der Waals surface area contributed by atoms with Gasteiger partial charge in [0, 0.05) is 6.04 Å². The highest BCUT2D eigenvalue weighted by Gasteiger charge is 2.37. The van der Waals surface area contributed by atoms with Crippen molar-refractivity contribution in [3.05, 3.63) is 53.1 Å². The maximum absolute atomic E-state index is 13.3. The predicted molar refractivity (Wildman–Crippen MR) is 91.7 cm³/mol. The Labute approximate surface area is 137 Å². The van der Waals surface area contributed by atoms with Crippen LogP contribution in [0.1, 0.15) is 23.6 Å². The van der Waals surface area contributed by atoms with Crippen LogP contribution in [0.4, 0.5) is 5.69 Å². The zero-order valence-electron chi connectivity index (χ0n) is 13.8. The number of anilines is 1. The smallest absolute Gasteiger partial charge is 0.268 e. The summed E-state index contributed by atoms with van der Waals surface area (Å²) in [5.74, 6) is 0.393. The topological polar surface area (TPSA) is 46.6 Å². The number of hydrogen-bond donors (Lipinski definition) is 0. The van der Waals surface area contributed by atoms with Crippen LogP contribution in [0, 0.1) is 13.8 Å². The fourth-order valence-corrected chi connectivity index (χ4v) is 5.05. The van der Waals surface area contributed by atoms with Gasteiger partial charge < -0.3 is 4.74 Å². The van der Waals surface area contributed by atoms with Crippen molar-refractivity contribution in [1.29, 1.82) is 0 Å². The van der Waals surface area contributed by atoms with Crippen LogP contribution in [0.3, 0.4) is 0 Å². The Kier molecular flexibility index (Phi) is 3.84. The molecule has 0 aliphatic carbocycles. The number of hydrogen-bond acceptors (Lipinski definition) is 3. The molecule has 0 N–H and O–H groups in total. The molecule has 0 bridgehead atoms. The summed E-state index contributed by atoms with van der Waals surface area (Å²) in [6, 6.07) is 11.0. The maximum atomic E-state index is 13.3. The van der Waals surface area contributed by atoms with E-state index < -0.39 is 10.0 Å². The number of nitrogens with zero attached hydrogens (tertiary/aromatic N) is 1. The highest BCUT2D eigenvalue weighted by atomic mass is 32.2. The van der Waals surface area contributed by atoms with Gasteiger partial charge in [0.25, 0.3) is 10.0 Å². The van der Waals surface area contributed by atoms with E-state index in [0.717, 1.165) is 28.8 Å². The Morgan fingerprint density at radius 1 is 1.13 bits per heavy atom. The molecule has 2 aromatic carbocycles. The molecule has 0 spiro atoms. The van der Waals surface area contributed by atoms with Gasteiger partial charge in [0.2, 0.25) is 0 Å². The Morgan fingerprint density at radius 3 is 2.48 bits per heavy atom. The third-order valence-electron chi connectivity index (χ3n) is 4.46. The molecule has 0 saturated carbocycles. The zero-order chi connectivity index (χ0) is 16.8. The highest BCUT2D eigenvalue weighted by Crippen LogP contribution is 2.39. The Hall–Kier alpha value is -2.01. The van der Waals surface area contributed by atoms with Crippen molar-refractivity contribution in [1.82, 2.24) is 0 Å². The van der Waals surface area contributed by atoms with Crippen molar-refractivity contribution in [2.75, 3.05) is 11.4 Å². The largest absolute Gasteiger partial charge is 0.495 e. The van der Waals surface area contributed by atoms with Crippen molar-refractivity contribution in [2.45, 2.75) is 38.1 Å². The molecule has 3 rings (SSSR count). The van der Waals surface area contributed by atoms with Gasteiger partial charge in [-0.1, -0.05) is 18.2 Å². The van der Waals surface area contributed by atoms with E-state index >= 15 is 0 Å². The molecule has 2 aromatic rings. The Balaban J connectivity index is 2.19. The van der Waals surface area contributed by atoms with Crippen LogP contribution in [0.5, 0.6) is 5.75 Å². The SMILES string of the molecule is COc1cc(C)c(C)cc1S(=O)(=O)N1c2ccccc2CC1C. The second-order valence-electron chi connectivity index (χ2n) is 6.07. The number of fused-ring (bicyclic) bond motifs is 1. The van der Waals surface area contributed by atoms with Gasteiger partial charge in [-0.15, -0.1) is 0 Å². The van der Waals surface area contributed by atoms with E-state index in [2.05, 4.69) is 0 Å². The second kappa shape index (κ2) is 5.57. The normalized spacial score (nSPS) is 17.2. The molecule has 5 heteroatoms. The maximum Gasteiger partial charge on any atom is 0.268 e. The van der Waals surface area contributed by atoms with E-state index in [1.165, 1.54) is 11.4 Å². The summed E-state index contributed by atoms with van der Waals surface area (Å²) in [7, 11) is -2.17. The molecular weight excluding hydrogens is 310 g/mol. The summed E-state index contributed by atoms with van der Waals surface area (Å²) >= 11 is 0. The minimum Gasteiger partial charge on any atom is -0.495 e. The van der Waals surface area contributed by atoms with E-state index in [4.69, 9.17) is 4.74 Å². The number of methoxy groups -OCH3 is 1. The average Bonchev–Trinajstić information content (AvgIpc) is 2.85. The molecule has 0 saturated heterocycles. The van der Waals surface area contributed by atoms with Crippen molar-refractivity contribution in [3.63, 3.8) is 0 Å². The molecule has 0 aromatic heterocycles. The van der Waals surface area contributed by atoms with Crippen LogP contribution in [-0.4, -0.2) is 21.6 Å².